The minimum atomic E-state index is -0.602. The Hall–Kier alpha value is -1.62. The van der Waals surface area contributed by atoms with Crippen molar-refractivity contribution in [2.24, 2.45) is 5.41 Å². The smallest absolute Gasteiger partial charge is 0.288 e. The Bertz CT molecular complexity index is 501. The van der Waals surface area contributed by atoms with Crippen molar-refractivity contribution in [1.82, 2.24) is 5.32 Å². The number of nitro groups is 1. The van der Waals surface area contributed by atoms with Gasteiger partial charge >= 0.3 is 0 Å². The van der Waals surface area contributed by atoms with Gasteiger partial charge in [0.1, 0.15) is 5.02 Å². The maximum absolute atomic E-state index is 12.0. The van der Waals surface area contributed by atoms with Crippen molar-refractivity contribution in [2.45, 2.75) is 27.2 Å². The number of nitrogens with one attached hydrogen (secondary N) is 1. The van der Waals surface area contributed by atoms with Crippen molar-refractivity contribution in [3.05, 3.63) is 38.9 Å². The standard InChI is InChI=1S/C13H17ClN2O3/c1-4-13(2,3)8-15-12(17)9-6-5-7-10(11(9)14)16(18)19/h5-7H,4,8H2,1-3H3,(H,15,17). The number of carbonyl (C=O) groups is 1. The van der Waals surface area contributed by atoms with Crippen molar-refractivity contribution >= 4 is 23.2 Å². The second-order valence-electron chi connectivity index (χ2n) is 5.10. The van der Waals surface area contributed by atoms with Crippen LogP contribution in [0.4, 0.5) is 5.69 Å². The van der Waals surface area contributed by atoms with E-state index in [2.05, 4.69) is 5.32 Å². The zero-order valence-electron chi connectivity index (χ0n) is 11.2. The molecule has 0 aliphatic heterocycles. The number of amides is 1. The van der Waals surface area contributed by atoms with Gasteiger partial charge in [0.15, 0.2) is 0 Å². The second kappa shape index (κ2) is 6.02. The predicted octanol–water partition coefficient (Wildman–Crippen LogP) is 3.41. The van der Waals surface area contributed by atoms with Crippen molar-refractivity contribution < 1.29 is 9.72 Å². The molecule has 0 saturated heterocycles. The first-order chi connectivity index (χ1) is 8.78. The third kappa shape index (κ3) is 3.92. The van der Waals surface area contributed by atoms with Crippen LogP contribution in [0.25, 0.3) is 0 Å². The molecular weight excluding hydrogens is 268 g/mol. The molecule has 0 spiro atoms. The number of nitro benzene ring substituents is 1. The van der Waals surface area contributed by atoms with Crippen LogP contribution in [0.5, 0.6) is 0 Å². The molecule has 0 fully saturated rings. The maximum Gasteiger partial charge on any atom is 0.288 e. The van der Waals surface area contributed by atoms with Gasteiger partial charge in [-0.05, 0) is 17.9 Å². The fourth-order valence-corrected chi connectivity index (χ4v) is 1.66. The number of benzene rings is 1. The van der Waals surface area contributed by atoms with Gasteiger partial charge in [0.05, 0.1) is 10.5 Å². The van der Waals surface area contributed by atoms with E-state index in [0.717, 1.165) is 6.42 Å². The van der Waals surface area contributed by atoms with Gasteiger partial charge in [0, 0.05) is 12.6 Å². The summed E-state index contributed by atoms with van der Waals surface area (Å²) in [5.41, 5.74) is -0.158. The van der Waals surface area contributed by atoms with Gasteiger partial charge in [-0.25, -0.2) is 0 Å². The van der Waals surface area contributed by atoms with Crippen LogP contribution in [0.15, 0.2) is 18.2 Å². The largest absolute Gasteiger partial charge is 0.351 e. The van der Waals surface area contributed by atoms with E-state index < -0.39 is 10.8 Å². The van der Waals surface area contributed by atoms with E-state index in [4.69, 9.17) is 11.6 Å². The number of hydrogen-bond acceptors (Lipinski definition) is 3. The van der Waals surface area contributed by atoms with Crippen molar-refractivity contribution in [3.8, 4) is 0 Å². The highest BCUT2D eigenvalue weighted by atomic mass is 35.5. The molecule has 5 nitrogen and oxygen atoms in total. The fourth-order valence-electron chi connectivity index (χ4n) is 1.38. The highest BCUT2D eigenvalue weighted by Gasteiger charge is 2.22. The van der Waals surface area contributed by atoms with Crippen LogP contribution in [-0.4, -0.2) is 17.4 Å². The zero-order chi connectivity index (χ0) is 14.6. The van der Waals surface area contributed by atoms with E-state index in [1.165, 1.54) is 18.2 Å². The molecule has 1 amide bonds. The molecule has 1 aromatic carbocycles. The van der Waals surface area contributed by atoms with Crippen LogP contribution in [0.2, 0.25) is 5.02 Å². The molecule has 19 heavy (non-hydrogen) atoms. The summed E-state index contributed by atoms with van der Waals surface area (Å²) in [6.07, 6.45) is 0.913. The Morgan fingerprint density at radius 2 is 2.11 bits per heavy atom. The molecule has 6 heteroatoms. The van der Waals surface area contributed by atoms with E-state index in [1.54, 1.807) is 0 Å². The van der Waals surface area contributed by atoms with Gasteiger partial charge in [-0.3, -0.25) is 14.9 Å². The molecule has 0 saturated carbocycles. The van der Waals surface area contributed by atoms with Gasteiger partial charge < -0.3 is 5.32 Å². The van der Waals surface area contributed by atoms with Crippen LogP contribution < -0.4 is 5.32 Å². The molecule has 0 atom stereocenters. The monoisotopic (exact) mass is 284 g/mol. The Balaban J connectivity index is 2.89. The number of hydrogen-bond donors (Lipinski definition) is 1. The quantitative estimate of drug-likeness (QED) is 0.665. The fraction of sp³-hybridized carbons (Fsp3) is 0.462. The van der Waals surface area contributed by atoms with Crippen molar-refractivity contribution in [2.75, 3.05) is 6.54 Å². The predicted molar refractivity (Wildman–Crippen MR) is 74.5 cm³/mol. The van der Waals surface area contributed by atoms with E-state index >= 15 is 0 Å². The summed E-state index contributed by atoms with van der Waals surface area (Å²) < 4.78 is 0. The third-order valence-electron chi connectivity index (χ3n) is 3.10. The van der Waals surface area contributed by atoms with Crippen molar-refractivity contribution in [3.63, 3.8) is 0 Å². The Labute approximate surface area is 117 Å². The van der Waals surface area contributed by atoms with Crippen LogP contribution in [-0.2, 0) is 0 Å². The number of nitrogens with zero attached hydrogens (tertiary/aromatic N) is 1. The highest BCUT2D eigenvalue weighted by Crippen LogP contribution is 2.27. The van der Waals surface area contributed by atoms with Crippen LogP contribution in [0.3, 0.4) is 0 Å². The first kappa shape index (κ1) is 15.4. The Morgan fingerprint density at radius 3 is 2.63 bits per heavy atom. The SMILES string of the molecule is CCC(C)(C)CNC(=O)c1cccc([N+](=O)[O-])c1Cl. The molecule has 1 aromatic rings. The molecule has 0 radical (unpaired) electrons. The molecule has 0 unspecified atom stereocenters. The lowest BCUT2D eigenvalue weighted by Gasteiger charge is -2.22. The summed E-state index contributed by atoms with van der Waals surface area (Å²) in [6.45, 7) is 6.58. The van der Waals surface area contributed by atoms with Gasteiger partial charge in [0.2, 0.25) is 0 Å². The summed E-state index contributed by atoms with van der Waals surface area (Å²) >= 11 is 5.88. The van der Waals surface area contributed by atoms with Gasteiger partial charge in [-0.2, -0.15) is 0 Å². The minimum Gasteiger partial charge on any atom is -0.351 e. The van der Waals surface area contributed by atoms with Crippen molar-refractivity contribution in [1.29, 1.82) is 0 Å². The third-order valence-corrected chi connectivity index (χ3v) is 3.50. The van der Waals surface area contributed by atoms with E-state index in [9.17, 15) is 14.9 Å². The second-order valence-corrected chi connectivity index (χ2v) is 5.47. The average Bonchev–Trinajstić information content (AvgIpc) is 2.36. The summed E-state index contributed by atoms with van der Waals surface area (Å²) in [5.74, 6) is -0.393. The molecule has 0 aliphatic carbocycles. The summed E-state index contributed by atoms with van der Waals surface area (Å²) in [4.78, 5) is 22.1. The van der Waals surface area contributed by atoms with Crippen LogP contribution in [0, 0.1) is 15.5 Å². The Kier molecular flexibility index (Phi) is 4.89. The molecule has 0 aromatic heterocycles. The number of rotatable bonds is 5. The number of halogens is 1. The molecule has 0 aliphatic rings. The van der Waals surface area contributed by atoms with Gasteiger partial charge in [-0.15, -0.1) is 0 Å². The van der Waals surface area contributed by atoms with E-state index in [0.29, 0.717) is 6.54 Å². The topological polar surface area (TPSA) is 72.2 Å². The van der Waals surface area contributed by atoms with Gasteiger partial charge in [-0.1, -0.05) is 38.4 Å². The summed E-state index contributed by atoms with van der Waals surface area (Å²) in [6, 6.07) is 4.20. The zero-order valence-corrected chi connectivity index (χ0v) is 12.0. The van der Waals surface area contributed by atoms with Crippen LogP contribution >= 0.6 is 11.6 Å². The summed E-state index contributed by atoms with van der Waals surface area (Å²) in [5, 5.41) is 13.4. The minimum absolute atomic E-state index is 0.0250. The highest BCUT2D eigenvalue weighted by molar-refractivity contribution is 6.35. The van der Waals surface area contributed by atoms with Crippen LogP contribution in [0.1, 0.15) is 37.6 Å². The normalized spacial score (nSPS) is 11.2. The lowest BCUT2D eigenvalue weighted by Crippen LogP contribution is -2.33. The molecular formula is C13H17ClN2O3. The lowest BCUT2D eigenvalue weighted by atomic mass is 9.90. The molecule has 1 N–H and O–H groups in total. The molecule has 1 rings (SSSR count). The number of carbonyl (C=O) groups excluding carboxylic acids is 1. The molecule has 0 heterocycles. The van der Waals surface area contributed by atoms with E-state index in [1.807, 2.05) is 20.8 Å². The average molecular weight is 285 g/mol. The molecule has 0 bridgehead atoms. The molecule has 104 valence electrons. The van der Waals surface area contributed by atoms with E-state index in [-0.39, 0.29) is 21.7 Å². The summed E-state index contributed by atoms with van der Waals surface area (Å²) in [7, 11) is 0. The Morgan fingerprint density at radius 1 is 1.47 bits per heavy atom. The van der Waals surface area contributed by atoms with Gasteiger partial charge in [0.25, 0.3) is 11.6 Å². The lowest BCUT2D eigenvalue weighted by molar-refractivity contribution is -0.384. The maximum atomic E-state index is 12.0. The first-order valence-electron chi connectivity index (χ1n) is 5.99. The first-order valence-corrected chi connectivity index (χ1v) is 6.37.